The Kier molecular flexibility index (Phi) is 2.71. The second kappa shape index (κ2) is 3.72. The van der Waals surface area contributed by atoms with Crippen LogP contribution in [0.1, 0.15) is 45.1 Å². The van der Waals surface area contributed by atoms with Gasteiger partial charge in [-0.15, -0.1) is 0 Å². The highest BCUT2D eigenvalue weighted by molar-refractivity contribution is 6.62. The van der Waals surface area contributed by atoms with Crippen molar-refractivity contribution in [2.24, 2.45) is 0 Å². The molecule has 5 heteroatoms. The summed E-state index contributed by atoms with van der Waals surface area (Å²) in [7, 11) is -0.413. The lowest BCUT2D eigenvalue weighted by Crippen LogP contribution is -2.41. The molecule has 4 nitrogen and oxygen atoms in total. The number of carbonyl (C=O) groups is 1. The van der Waals surface area contributed by atoms with Gasteiger partial charge in [0.05, 0.1) is 16.9 Å². The Morgan fingerprint density at radius 3 is 2.18 bits per heavy atom. The standard InChI is InChI=1S/C12H18BNO3/c1-8(15)10-6-9(7-14-10)13-16-11(2,3)12(4,5)17-13/h6-7,14H,1-5H3. The molecule has 0 saturated carbocycles. The topological polar surface area (TPSA) is 51.3 Å². The maximum atomic E-state index is 11.2. The van der Waals surface area contributed by atoms with E-state index in [0.717, 1.165) is 5.46 Å². The van der Waals surface area contributed by atoms with Crippen LogP contribution in [0.2, 0.25) is 0 Å². The predicted molar refractivity (Wildman–Crippen MR) is 66.5 cm³/mol. The van der Waals surface area contributed by atoms with Crippen molar-refractivity contribution in [3.63, 3.8) is 0 Å². The van der Waals surface area contributed by atoms with Crippen LogP contribution in [-0.4, -0.2) is 29.1 Å². The Morgan fingerprint density at radius 2 is 1.76 bits per heavy atom. The fourth-order valence-corrected chi connectivity index (χ4v) is 1.73. The predicted octanol–water partition coefficient (Wildman–Crippen LogP) is 1.52. The average Bonchev–Trinajstić information content (AvgIpc) is 2.70. The van der Waals surface area contributed by atoms with Crippen LogP contribution in [0, 0.1) is 0 Å². The van der Waals surface area contributed by atoms with Gasteiger partial charge in [-0.2, -0.15) is 0 Å². The van der Waals surface area contributed by atoms with Gasteiger partial charge in [-0.1, -0.05) is 0 Å². The van der Waals surface area contributed by atoms with Gasteiger partial charge in [-0.05, 0) is 33.8 Å². The molecule has 1 aliphatic rings. The molecule has 92 valence electrons. The van der Waals surface area contributed by atoms with Crippen LogP contribution >= 0.6 is 0 Å². The van der Waals surface area contributed by atoms with E-state index in [1.54, 1.807) is 12.3 Å². The van der Waals surface area contributed by atoms with Crippen LogP contribution in [0.3, 0.4) is 0 Å². The number of Topliss-reactive ketones (excluding diaryl/α,β-unsaturated/α-hetero) is 1. The summed E-state index contributed by atoms with van der Waals surface area (Å²) in [6.45, 7) is 9.55. The summed E-state index contributed by atoms with van der Waals surface area (Å²) >= 11 is 0. The number of rotatable bonds is 2. The summed E-state index contributed by atoms with van der Waals surface area (Å²) in [5.74, 6) is 0.00719. The van der Waals surface area contributed by atoms with Gasteiger partial charge in [0.15, 0.2) is 5.78 Å². The highest BCUT2D eigenvalue weighted by Crippen LogP contribution is 2.36. The van der Waals surface area contributed by atoms with Crippen molar-refractivity contribution in [2.45, 2.75) is 45.8 Å². The quantitative estimate of drug-likeness (QED) is 0.624. The fourth-order valence-electron chi connectivity index (χ4n) is 1.73. The van der Waals surface area contributed by atoms with E-state index < -0.39 is 7.12 Å². The van der Waals surface area contributed by atoms with E-state index in [4.69, 9.17) is 9.31 Å². The zero-order valence-corrected chi connectivity index (χ0v) is 11.0. The molecule has 2 heterocycles. The first kappa shape index (κ1) is 12.4. The third kappa shape index (κ3) is 2.05. The highest BCUT2D eigenvalue weighted by atomic mass is 16.7. The molecule has 0 aromatic carbocycles. The molecule has 0 spiro atoms. The normalized spacial score (nSPS) is 21.8. The van der Waals surface area contributed by atoms with E-state index >= 15 is 0 Å². The number of hydrogen-bond acceptors (Lipinski definition) is 3. The molecule has 0 bridgehead atoms. The maximum Gasteiger partial charge on any atom is 0.496 e. The second-order valence-corrected chi connectivity index (χ2v) is 5.49. The van der Waals surface area contributed by atoms with E-state index in [1.807, 2.05) is 27.7 Å². The number of H-pyrrole nitrogens is 1. The zero-order valence-electron chi connectivity index (χ0n) is 11.0. The molecule has 0 unspecified atom stereocenters. The molecular formula is C12H18BNO3. The number of nitrogens with one attached hydrogen (secondary N) is 1. The van der Waals surface area contributed by atoms with Crippen molar-refractivity contribution in [2.75, 3.05) is 0 Å². The third-order valence-corrected chi connectivity index (χ3v) is 3.61. The Labute approximate surface area is 102 Å². The first-order valence-electron chi connectivity index (χ1n) is 5.78. The summed E-state index contributed by atoms with van der Waals surface area (Å²) in [4.78, 5) is 14.1. The second-order valence-electron chi connectivity index (χ2n) is 5.49. The minimum atomic E-state index is -0.413. The van der Waals surface area contributed by atoms with E-state index in [0.29, 0.717) is 5.69 Å². The van der Waals surface area contributed by atoms with Crippen LogP contribution in [0.15, 0.2) is 12.3 Å². The summed E-state index contributed by atoms with van der Waals surface area (Å²) in [5.41, 5.74) is 0.722. The van der Waals surface area contributed by atoms with E-state index in [2.05, 4.69) is 4.98 Å². The number of ketones is 1. The molecule has 1 aromatic heterocycles. The summed E-state index contributed by atoms with van der Waals surface area (Å²) < 4.78 is 11.8. The molecular weight excluding hydrogens is 217 g/mol. The average molecular weight is 235 g/mol. The maximum absolute atomic E-state index is 11.2. The number of hydrogen-bond donors (Lipinski definition) is 1. The van der Waals surface area contributed by atoms with Crippen molar-refractivity contribution in [1.82, 2.24) is 4.98 Å². The molecule has 2 rings (SSSR count). The van der Waals surface area contributed by atoms with Gasteiger partial charge in [-0.25, -0.2) is 0 Å². The molecule has 0 amide bonds. The number of aromatic amines is 1. The van der Waals surface area contributed by atoms with Crippen LogP contribution in [0.25, 0.3) is 0 Å². The van der Waals surface area contributed by atoms with Crippen molar-refractivity contribution in [1.29, 1.82) is 0 Å². The molecule has 0 aliphatic carbocycles. The summed E-state index contributed by atoms with van der Waals surface area (Å²) in [6.07, 6.45) is 1.76. The Hall–Kier alpha value is -1.07. The smallest absolute Gasteiger partial charge is 0.399 e. The third-order valence-electron chi connectivity index (χ3n) is 3.61. The lowest BCUT2D eigenvalue weighted by molar-refractivity contribution is 0.00578. The van der Waals surface area contributed by atoms with Gasteiger partial charge in [0.1, 0.15) is 0 Å². The first-order chi connectivity index (χ1) is 7.73. The van der Waals surface area contributed by atoms with Gasteiger partial charge < -0.3 is 14.3 Å². The monoisotopic (exact) mass is 235 g/mol. The van der Waals surface area contributed by atoms with Crippen LogP contribution in [0.4, 0.5) is 0 Å². The summed E-state index contributed by atoms with van der Waals surface area (Å²) in [5, 5.41) is 0. The minimum Gasteiger partial charge on any atom is -0.399 e. The lowest BCUT2D eigenvalue weighted by Gasteiger charge is -2.32. The summed E-state index contributed by atoms with van der Waals surface area (Å²) in [6, 6.07) is 1.78. The molecule has 17 heavy (non-hydrogen) atoms. The van der Waals surface area contributed by atoms with Crippen LogP contribution in [-0.2, 0) is 9.31 Å². The Morgan fingerprint density at radius 1 is 1.24 bits per heavy atom. The van der Waals surface area contributed by atoms with E-state index in [1.165, 1.54) is 6.92 Å². The Bertz CT molecular complexity index is 434. The molecule has 1 aromatic rings. The Balaban J connectivity index is 2.23. The van der Waals surface area contributed by atoms with Crippen LogP contribution < -0.4 is 5.46 Å². The van der Waals surface area contributed by atoms with Crippen molar-refractivity contribution >= 4 is 18.4 Å². The van der Waals surface area contributed by atoms with E-state index in [9.17, 15) is 4.79 Å². The van der Waals surface area contributed by atoms with Gasteiger partial charge >= 0.3 is 7.12 Å². The van der Waals surface area contributed by atoms with Crippen molar-refractivity contribution in [3.8, 4) is 0 Å². The molecule has 1 N–H and O–H groups in total. The highest BCUT2D eigenvalue weighted by Gasteiger charge is 2.51. The van der Waals surface area contributed by atoms with Gasteiger partial charge in [0.25, 0.3) is 0 Å². The lowest BCUT2D eigenvalue weighted by atomic mass is 9.81. The number of aromatic nitrogens is 1. The molecule has 0 atom stereocenters. The molecule has 1 aliphatic heterocycles. The molecule has 0 radical (unpaired) electrons. The van der Waals surface area contributed by atoms with Gasteiger partial charge in [0, 0.05) is 18.6 Å². The minimum absolute atomic E-state index is 0.00719. The van der Waals surface area contributed by atoms with Crippen molar-refractivity contribution in [3.05, 3.63) is 18.0 Å². The molecule has 1 fully saturated rings. The first-order valence-corrected chi connectivity index (χ1v) is 5.78. The fraction of sp³-hybridized carbons (Fsp3) is 0.583. The molecule has 1 saturated heterocycles. The number of carbonyl (C=O) groups excluding carboxylic acids is 1. The van der Waals surface area contributed by atoms with Gasteiger partial charge in [-0.3, -0.25) is 4.79 Å². The van der Waals surface area contributed by atoms with Crippen LogP contribution in [0.5, 0.6) is 0 Å². The van der Waals surface area contributed by atoms with Crippen molar-refractivity contribution < 1.29 is 14.1 Å². The van der Waals surface area contributed by atoms with Gasteiger partial charge in [0.2, 0.25) is 0 Å². The van der Waals surface area contributed by atoms with E-state index in [-0.39, 0.29) is 17.0 Å². The SMILES string of the molecule is CC(=O)c1cc(B2OC(C)(C)C(C)(C)O2)c[nH]1. The largest absolute Gasteiger partial charge is 0.496 e. The zero-order chi connectivity index (χ0) is 12.8.